The van der Waals surface area contributed by atoms with E-state index in [1.54, 1.807) is 26.2 Å². The van der Waals surface area contributed by atoms with E-state index < -0.39 is 17.8 Å². The number of aliphatic imine (C=N–C) groups is 1. The Labute approximate surface area is 206 Å². The number of carbonyl (C=O) groups excluding carboxylic acids is 2. The van der Waals surface area contributed by atoms with Crippen molar-refractivity contribution < 1.29 is 18.7 Å². The van der Waals surface area contributed by atoms with Crippen LogP contribution in [-0.2, 0) is 16.1 Å². The number of amidine groups is 1. The molecule has 0 bridgehead atoms. The first-order valence-electron chi connectivity index (χ1n) is 10.7. The molecule has 0 spiro atoms. The van der Waals surface area contributed by atoms with Gasteiger partial charge in [-0.25, -0.2) is 14.4 Å². The number of ether oxygens (including phenoxy) is 1. The normalized spacial score (nSPS) is 16.0. The first kappa shape index (κ1) is 24.1. The van der Waals surface area contributed by atoms with Crippen molar-refractivity contribution in [2.75, 3.05) is 7.11 Å². The van der Waals surface area contributed by atoms with Crippen molar-refractivity contribution in [3.63, 3.8) is 0 Å². The maximum Gasteiger partial charge on any atom is 0.270 e. The molecule has 4 rings (SSSR count). The molecule has 35 heavy (non-hydrogen) atoms. The molecular formula is C25H21ClFN5O3. The van der Waals surface area contributed by atoms with Gasteiger partial charge in [0.2, 0.25) is 5.91 Å². The van der Waals surface area contributed by atoms with Crippen LogP contribution < -0.4 is 10.6 Å². The number of amides is 2. The summed E-state index contributed by atoms with van der Waals surface area (Å²) >= 11 is 5.81. The second-order valence-corrected chi connectivity index (χ2v) is 8.25. The molecule has 0 saturated heterocycles. The van der Waals surface area contributed by atoms with E-state index in [9.17, 15) is 14.0 Å². The first-order valence-corrected chi connectivity index (χ1v) is 11.1. The Kier molecular flexibility index (Phi) is 7.22. The molecule has 10 heteroatoms. The van der Waals surface area contributed by atoms with Gasteiger partial charge < -0.3 is 15.4 Å². The molecule has 2 aliphatic rings. The molecule has 1 aliphatic heterocycles. The van der Waals surface area contributed by atoms with Gasteiger partial charge in [-0.3, -0.25) is 14.6 Å². The summed E-state index contributed by atoms with van der Waals surface area (Å²) in [6.45, 7) is 1.92. The number of nitrogens with one attached hydrogen (secondary N) is 2. The standard InChI is InChI=1S/C25H21ClFN5O3/c1-14-21-22(24(31-14)32-20(33)11-15-5-3-4-6-17(9-15)35-2)29-13-30-23(21)25(34)28-12-16-7-8-19(27)18(26)10-16/h6-10,13-14H,5,11-12H2,1-2H3,(H,28,34)(H,31,32,33). The van der Waals surface area contributed by atoms with E-state index in [0.29, 0.717) is 29.0 Å². The second kappa shape index (κ2) is 10.5. The average Bonchev–Trinajstić information content (AvgIpc) is 3.00. The molecule has 1 aliphatic carbocycles. The van der Waals surface area contributed by atoms with E-state index in [4.69, 9.17) is 16.3 Å². The van der Waals surface area contributed by atoms with Crippen LogP contribution in [0.5, 0.6) is 0 Å². The Morgan fingerprint density at radius 2 is 2.14 bits per heavy atom. The Morgan fingerprint density at radius 3 is 2.91 bits per heavy atom. The second-order valence-electron chi connectivity index (χ2n) is 7.85. The topological polar surface area (TPSA) is 106 Å². The largest absolute Gasteiger partial charge is 0.496 e. The van der Waals surface area contributed by atoms with Crippen LogP contribution in [0.25, 0.3) is 0 Å². The fourth-order valence-electron chi connectivity index (χ4n) is 3.68. The van der Waals surface area contributed by atoms with Gasteiger partial charge >= 0.3 is 0 Å². The molecule has 0 fully saturated rings. The van der Waals surface area contributed by atoms with Gasteiger partial charge in [0.15, 0.2) is 5.84 Å². The fourth-order valence-corrected chi connectivity index (χ4v) is 3.89. The van der Waals surface area contributed by atoms with Crippen LogP contribution in [0.4, 0.5) is 4.39 Å². The summed E-state index contributed by atoms with van der Waals surface area (Å²) in [5.41, 5.74) is 2.50. The monoisotopic (exact) mass is 493 g/mol. The molecule has 8 nitrogen and oxygen atoms in total. The maximum atomic E-state index is 13.4. The molecule has 0 saturated carbocycles. The van der Waals surface area contributed by atoms with Crippen LogP contribution in [0.15, 0.2) is 53.0 Å². The number of benzene rings is 1. The Balaban J connectivity index is 1.46. The number of halogens is 2. The van der Waals surface area contributed by atoms with Gasteiger partial charge in [-0.15, -0.1) is 0 Å². The van der Waals surface area contributed by atoms with E-state index in [1.807, 2.05) is 0 Å². The summed E-state index contributed by atoms with van der Waals surface area (Å²) in [6, 6.07) is 3.78. The lowest BCUT2D eigenvalue weighted by atomic mass is 10.1. The molecule has 0 radical (unpaired) electrons. The molecule has 178 valence electrons. The molecule has 2 N–H and O–H groups in total. The summed E-state index contributed by atoms with van der Waals surface area (Å²) in [4.78, 5) is 38.5. The van der Waals surface area contributed by atoms with Crippen LogP contribution >= 0.6 is 11.6 Å². The molecule has 1 unspecified atom stereocenters. The van der Waals surface area contributed by atoms with Crippen molar-refractivity contribution >= 4 is 29.3 Å². The number of hydrogen-bond donors (Lipinski definition) is 2. The number of aromatic nitrogens is 2. The minimum absolute atomic E-state index is 0.0248. The molecule has 1 aromatic heterocycles. The third kappa shape index (κ3) is 5.55. The third-order valence-corrected chi connectivity index (χ3v) is 5.65. The van der Waals surface area contributed by atoms with Crippen LogP contribution in [0.3, 0.4) is 0 Å². The van der Waals surface area contributed by atoms with E-state index in [-0.39, 0.29) is 35.4 Å². The minimum atomic E-state index is -0.533. The number of hydrogen-bond acceptors (Lipinski definition) is 6. The van der Waals surface area contributed by atoms with Crippen LogP contribution in [-0.4, -0.2) is 34.7 Å². The average molecular weight is 494 g/mol. The first-order chi connectivity index (χ1) is 16.9. The highest BCUT2D eigenvalue weighted by atomic mass is 35.5. The van der Waals surface area contributed by atoms with Crippen molar-refractivity contribution in [1.82, 2.24) is 20.6 Å². The lowest BCUT2D eigenvalue weighted by Gasteiger charge is -2.11. The minimum Gasteiger partial charge on any atom is -0.496 e. The summed E-state index contributed by atoms with van der Waals surface area (Å²) in [5.74, 6) is 5.42. The molecular weight excluding hydrogens is 473 g/mol. The van der Waals surface area contributed by atoms with Gasteiger partial charge in [-0.1, -0.05) is 29.5 Å². The number of rotatable bonds is 6. The van der Waals surface area contributed by atoms with Crippen molar-refractivity contribution in [2.24, 2.45) is 4.99 Å². The van der Waals surface area contributed by atoms with Crippen LogP contribution in [0.2, 0.25) is 5.02 Å². The number of allylic oxidation sites excluding steroid dienone is 2. The van der Waals surface area contributed by atoms with Gasteiger partial charge in [0, 0.05) is 31.0 Å². The zero-order valence-electron chi connectivity index (χ0n) is 19.0. The predicted molar refractivity (Wildman–Crippen MR) is 128 cm³/mol. The van der Waals surface area contributed by atoms with Gasteiger partial charge in [0.05, 0.1) is 18.2 Å². The summed E-state index contributed by atoms with van der Waals surface area (Å²) in [7, 11) is 1.54. The fraction of sp³-hybridized carbons (Fsp3) is 0.240. The lowest BCUT2D eigenvalue weighted by molar-refractivity contribution is -0.119. The predicted octanol–water partition coefficient (Wildman–Crippen LogP) is 3.39. The van der Waals surface area contributed by atoms with Gasteiger partial charge in [0.25, 0.3) is 5.91 Å². The summed E-state index contributed by atoms with van der Waals surface area (Å²) in [6.07, 6.45) is 5.23. The third-order valence-electron chi connectivity index (χ3n) is 5.36. The van der Waals surface area contributed by atoms with Crippen molar-refractivity contribution in [3.8, 4) is 11.8 Å². The van der Waals surface area contributed by atoms with Gasteiger partial charge in [-0.05, 0) is 36.3 Å². The molecule has 2 aromatic rings. The van der Waals surface area contributed by atoms with E-state index in [1.165, 1.54) is 24.5 Å². The van der Waals surface area contributed by atoms with Crippen molar-refractivity contribution in [1.29, 1.82) is 0 Å². The Hall–Kier alpha value is -4.03. The van der Waals surface area contributed by atoms with Crippen LogP contribution in [0, 0.1) is 17.7 Å². The maximum absolute atomic E-state index is 13.4. The SMILES string of the molecule is COC1=CC#CCC(CC(=O)NC2=NC(C)c3c(C(=O)NCc4ccc(F)c(Cl)c4)ncnc32)=C1. The highest BCUT2D eigenvalue weighted by Gasteiger charge is 2.30. The van der Waals surface area contributed by atoms with Crippen molar-refractivity contribution in [2.45, 2.75) is 32.4 Å². The highest BCUT2D eigenvalue weighted by molar-refractivity contribution is 6.30. The Bertz CT molecular complexity index is 1360. The number of carbonyl (C=O) groups is 2. The number of fused-ring (bicyclic) bond motifs is 1. The van der Waals surface area contributed by atoms with E-state index in [2.05, 4.69) is 37.4 Å². The zero-order chi connectivity index (χ0) is 24.9. The highest BCUT2D eigenvalue weighted by Crippen LogP contribution is 2.29. The number of nitrogens with zero attached hydrogens (tertiary/aromatic N) is 3. The molecule has 1 atom stereocenters. The smallest absolute Gasteiger partial charge is 0.270 e. The molecule has 1 aromatic carbocycles. The van der Waals surface area contributed by atoms with Gasteiger partial charge in [-0.2, -0.15) is 0 Å². The van der Waals surface area contributed by atoms with Gasteiger partial charge in [0.1, 0.15) is 29.3 Å². The van der Waals surface area contributed by atoms with Crippen molar-refractivity contribution in [3.05, 3.63) is 81.4 Å². The lowest BCUT2D eigenvalue weighted by Crippen LogP contribution is -2.32. The Morgan fingerprint density at radius 1 is 1.31 bits per heavy atom. The quantitative estimate of drug-likeness (QED) is 0.600. The van der Waals surface area contributed by atoms with E-state index >= 15 is 0 Å². The summed E-state index contributed by atoms with van der Waals surface area (Å²) in [5, 5.41) is 5.52. The van der Waals surface area contributed by atoms with E-state index in [0.717, 1.165) is 5.57 Å². The number of methoxy groups -OCH3 is 1. The summed E-state index contributed by atoms with van der Waals surface area (Å²) < 4.78 is 18.6. The molecule has 2 heterocycles. The molecule has 2 amide bonds. The zero-order valence-corrected chi connectivity index (χ0v) is 19.7. The van der Waals surface area contributed by atoms with Crippen LogP contribution in [0.1, 0.15) is 53.1 Å².